The van der Waals surface area contributed by atoms with Crippen LogP contribution in [0.4, 0.5) is 4.39 Å². The number of aromatic amines is 1. The van der Waals surface area contributed by atoms with E-state index in [0.29, 0.717) is 22.5 Å². The molecule has 6 nitrogen and oxygen atoms in total. The van der Waals surface area contributed by atoms with Crippen molar-refractivity contribution in [2.24, 2.45) is 0 Å². The molecule has 7 heteroatoms. The van der Waals surface area contributed by atoms with E-state index in [9.17, 15) is 19.1 Å². The average Bonchev–Trinajstić information content (AvgIpc) is 3.08. The van der Waals surface area contributed by atoms with Crippen molar-refractivity contribution < 1.29 is 23.8 Å². The van der Waals surface area contributed by atoms with Crippen molar-refractivity contribution in [3.8, 4) is 5.75 Å². The number of amides is 1. The van der Waals surface area contributed by atoms with Gasteiger partial charge >= 0.3 is 5.97 Å². The largest absolute Gasteiger partial charge is 0.488 e. The van der Waals surface area contributed by atoms with Crippen LogP contribution in [0.15, 0.2) is 54.1 Å². The number of carbonyl (C=O) groups is 2. The second-order valence-electron chi connectivity index (χ2n) is 6.59. The SMILES string of the molecule is O=C(N[C@H](Cc1cc2ccc(F)cc2[nH]1)C(=O)O)C1=Cc2ccccc2OC1. The lowest BCUT2D eigenvalue weighted by Crippen LogP contribution is -2.43. The van der Waals surface area contributed by atoms with Crippen LogP contribution in [0.1, 0.15) is 11.3 Å². The van der Waals surface area contributed by atoms with Crippen LogP contribution in [0.3, 0.4) is 0 Å². The highest BCUT2D eigenvalue weighted by Crippen LogP contribution is 2.25. The Morgan fingerprint density at radius 3 is 2.86 bits per heavy atom. The van der Waals surface area contributed by atoms with E-state index in [-0.39, 0.29) is 18.8 Å². The molecule has 0 radical (unpaired) electrons. The minimum Gasteiger partial charge on any atom is -0.488 e. The summed E-state index contributed by atoms with van der Waals surface area (Å²) in [5.41, 5.74) is 2.28. The molecule has 1 aliphatic heterocycles. The highest BCUT2D eigenvalue weighted by molar-refractivity contribution is 6.00. The van der Waals surface area contributed by atoms with Gasteiger partial charge in [-0.1, -0.05) is 18.2 Å². The van der Waals surface area contributed by atoms with Crippen molar-refractivity contribution >= 4 is 28.9 Å². The van der Waals surface area contributed by atoms with Crippen LogP contribution in [0.25, 0.3) is 17.0 Å². The van der Waals surface area contributed by atoms with Gasteiger partial charge in [-0.3, -0.25) is 4.79 Å². The van der Waals surface area contributed by atoms with Crippen LogP contribution in [-0.4, -0.2) is 34.6 Å². The van der Waals surface area contributed by atoms with Crippen molar-refractivity contribution in [1.29, 1.82) is 0 Å². The van der Waals surface area contributed by atoms with Crippen molar-refractivity contribution in [2.45, 2.75) is 12.5 Å². The Kier molecular flexibility index (Phi) is 4.57. The van der Waals surface area contributed by atoms with E-state index in [1.165, 1.54) is 12.1 Å². The number of ether oxygens (including phenoxy) is 1. The third-order valence-electron chi connectivity index (χ3n) is 4.59. The fraction of sp³-hybridized carbons (Fsp3) is 0.143. The quantitative estimate of drug-likeness (QED) is 0.635. The average molecular weight is 380 g/mol. The van der Waals surface area contributed by atoms with Crippen LogP contribution in [0.2, 0.25) is 0 Å². The number of carbonyl (C=O) groups excluding carboxylic acids is 1. The lowest BCUT2D eigenvalue weighted by molar-refractivity contribution is -0.141. The van der Waals surface area contributed by atoms with E-state index in [4.69, 9.17) is 4.74 Å². The molecular weight excluding hydrogens is 363 g/mol. The van der Waals surface area contributed by atoms with Crippen LogP contribution in [0, 0.1) is 5.82 Å². The maximum absolute atomic E-state index is 13.3. The number of hydrogen-bond donors (Lipinski definition) is 3. The predicted octanol–water partition coefficient (Wildman–Crippen LogP) is 2.89. The Bertz CT molecular complexity index is 1100. The Morgan fingerprint density at radius 2 is 2.04 bits per heavy atom. The number of carboxylic acids is 1. The molecule has 1 aromatic heterocycles. The molecule has 142 valence electrons. The van der Waals surface area contributed by atoms with Gasteiger partial charge in [0.1, 0.15) is 24.2 Å². The maximum Gasteiger partial charge on any atom is 0.326 e. The van der Waals surface area contributed by atoms with E-state index < -0.39 is 17.9 Å². The second kappa shape index (κ2) is 7.19. The van der Waals surface area contributed by atoms with Gasteiger partial charge in [-0.25, -0.2) is 9.18 Å². The first-order chi connectivity index (χ1) is 13.5. The lowest BCUT2D eigenvalue weighted by Gasteiger charge is -2.19. The minimum atomic E-state index is -1.16. The minimum absolute atomic E-state index is 0.0437. The van der Waals surface area contributed by atoms with E-state index in [0.717, 1.165) is 10.9 Å². The highest BCUT2D eigenvalue weighted by atomic mass is 19.1. The summed E-state index contributed by atoms with van der Waals surface area (Å²) in [6.07, 6.45) is 1.74. The third-order valence-corrected chi connectivity index (χ3v) is 4.59. The topological polar surface area (TPSA) is 91.4 Å². The molecule has 1 aliphatic rings. The van der Waals surface area contributed by atoms with Gasteiger partial charge in [-0.15, -0.1) is 0 Å². The van der Waals surface area contributed by atoms with E-state index in [1.807, 2.05) is 18.2 Å². The van der Waals surface area contributed by atoms with Gasteiger partial charge in [0.25, 0.3) is 5.91 Å². The number of aromatic nitrogens is 1. The summed E-state index contributed by atoms with van der Waals surface area (Å²) in [5.74, 6) is -1.35. The molecule has 0 unspecified atom stereocenters. The fourth-order valence-electron chi connectivity index (χ4n) is 3.19. The first kappa shape index (κ1) is 17.8. The number of rotatable bonds is 5. The summed E-state index contributed by atoms with van der Waals surface area (Å²) in [7, 11) is 0. The van der Waals surface area contributed by atoms with Crippen LogP contribution in [-0.2, 0) is 16.0 Å². The van der Waals surface area contributed by atoms with E-state index >= 15 is 0 Å². The molecule has 2 heterocycles. The van der Waals surface area contributed by atoms with Gasteiger partial charge in [-0.05, 0) is 41.8 Å². The number of para-hydroxylation sites is 1. The first-order valence-electron chi connectivity index (χ1n) is 8.73. The number of fused-ring (bicyclic) bond motifs is 2. The summed E-state index contributed by atoms with van der Waals surface area (Å²) >= 11 is 0. The van der Waals surface area contributed by atoms with Crippen molar-refractivity contribution in [2.75, 3.05) is 6.61 Å². The molecule has 4 rings (SSSR count). The summed E-state index contributed by atoms with van der Waals surface area (Å²) < 4.78 is 18.9. The Balaban J connectivity index is 1.51. The monoisotopic (exact) mass is 380 g/mol. The Morgan fingerprint density at radius 1 is 1.21 bits per heavy atom. The normalized spacial score (nSPS) is 14.0. The highest BCUT2D eigenvalue weighted by Gasteiger charge is 2.24. The van der Waals surface area contributed by atoms with Gasteiger partial charge in [-0.2, -0.15) is 0 Å². The molecule has 0 saturated heterocycles. The van der Waals surface area contributed by atoms with Gasteiger partial charge in [0.05, 0.1) is 5.57 Å². The molecule has 3 N–H and O–H groups in total. The summed E-state index contributed by atoms with van der Waals surface area (Å²) in [6.45, 7) is 0.0703. The van der Waals surface area contributed by atoms with E-state index in [2.05, 4.69) is 10.3 Å². The van der Waals surface area contributed by atoms with Gasteiger partial charge < -0.3 is 20.1 Å². The van der Waals surface area contributed by atoms with Crippen molar-refractivity contribution in [1.82, 2.24) is 10.3 Å². The Labute approximate surface area is 159 Å². The smallest absolute Gasteiger partial charge is 0.326 e. The number of hydrogen-bond acceptors (Lipinski definition) is 3. The van der Waals surface area contributed by atoms with Crippen LogP contribution < -0.4 is 10.1 Å². The zero-order chi connectivity index (χ0) is 19.7. The molecule has 1 atom stereocenters. The lowest BCUT2D eigenvalue weighted by atomic mass is 10.1. The zero-order valence-corrected chi connectivity index (χ0v) is 14.7. The summed E-state index contributed by atoms with van der Waals surface area (Å²) in [5, 5.41) is 12.8. The molecule has 0 fully saturated rings. The number of benzene rings is 2. The van der Waals surface area contributed by atoms with Gasteiger partial charge in [0.15, 0.2) is 0 Å². The maximum atomic E-state index is 13.3. The number of halogens is 1. The summed E-state index contributed by atoms with van der Waals surface area (Å²) in [4.78, 5) is 27.2. The Hall–Kier alpha value is -3.61. The molecule has 28 heavy (non-hydrogen) atoms. The fourth-order valence-corrected chi connectivity index (χ4v) is 3.19. The van der Waals surface area contributed by atoms with E-state index in [1.54, 1.807) is 24.3 Å². The molecule has 3 aromatic rings. The number of H-pyrrole nitrogens is 1. The molecule has 0 saturated carbocycles. The van der Waals surface area contributed by atoms with Crippen LogP contribution in [0.5, 0.6) is 5.75 Å². The number of carboxylic acid groups (broad SMARTS) is 1. The number of aliphatic carboxylic acids is 1. The van der Waals surface area contributed by atoms with Gasteiger partial charge in [0.2, 0.25) is 0 Å². The van der Waals surface area contributed by atoms with Crippen molar-refractivity contribution in [3.63, 3.8) is 0 Å². The first-order valence-corrected chi connectivity index (χ1v) is 8.73. The molecule has 0 spiro atoms. The van der Waals surface area contributed by atoms with Gasteiger partial charge in [0, 0.05) is 23.2 Å². The zero-order valence-electron chi connectivity index (χ0n) is 14.7. The predicted molar refractivity (Wildman–Crippen MR) is 101 cm³/mol. The molecular formula is C21H17FN2O4. The number of nitrogens with one attached hydrogen (secondary N) is 2. The van der Waals surface area contributed by atoms with Crippen LogP contribution >= 0.6 is 0 Å². The summed E-state index contributed by atoms with van der Waals surface area (Å²) in [6, 6.07) is 12.2. The molecule has 2 aromatic carbocycles. The molecule has 1 amide bonds. The third kappa shape index (κ3) is 3.59. The molecule has 0 bridgehead atoms. The second-order valence-corrected chi connectivity index (χ2v) is 6.59. The standard InChI is InChI=1S/C21H17FN2O4/c22-15-6-5-12-8-16(23-17(12)9-15)10-18(21(26)27)24-20(25)14-7-13-3-1-2-4-19(13)28-11-14/h1-9,18,23H,10-11H2,(H,24,25)(H,26,27)/t18-/m1/s1. The molecule has 0 aliphatic carbocycles. The van der Waals surface area contributed by atoms with Crippen molar-refractivity contribution in [3.05, 3.63) is 71.2 Å².